The van der Waals surface area contributed by atoms with E-state index >= 15 is 0 Å². The highest BCUT2D eigenvalue weighted by atomic mass is 16.6. The number of hydrogen-bond donors (Lipinski definition) is 0. The number of fused-ring (bicyclic) bond motifs is 8. The molecule has 0 aromatic heterocycles. The third kappa shape index (κ3) is 9.00. The number of benzene rings is 6. The number of rotatable bonds is 16. The molecule has 0 saturated carbocycles. The van der Waals surface area contributed by atoms with E-state index < -0.39 is 58.4 Å². The lowest BCUT2D eigenvalue weighted by Gasteiger charge is -2.45. The van der Waals surface area contributed by atoms with Crippen LogP contribution in [0.2, 0.25) is 0 Å². The van der Waals surface area contributed by atoms with E-state index in [-0.39, 0.29) is 38.9 Å². The van der Waals surface area contributed by atoms with Crippen LogP contribution in [0, 0.1) is 0 Å². The molecule has 0 amide bonds. The zero-order valence-corrected chi connectivity index (χ0v) is 43.6. The zero-order chi connectivity index (χ0) is 52.9. The summed E-state index contributed by atoms with van der Waals surface area (Å²) in [4.78, 5) is 65.9. The molecule has 0 aliphatic carbocycles. The maximum absolute atomic E-state index is 13.0. The lowest BCUT2D eigenvalue weighted by atomic mass is 9.77. The molecule has 75 heavy (non-hydrogen) atoms. The first-order valence-corrected chi connectivity index (χ1v) is 25.6. The first-order chi connectivity index (χ1) is 36.0. The standard InChI is InChI=1S/C60H62N4O11/c1-9-39(70-51(65)27-29-53(67)72-41-23-19-37-21-25-49-55(43(37)31-41)61-35-59(74-49)57(3,4)45-15-11-13-17-47(45)63(59)7)33-69-34-40(10-2)71-52(66)28-30-54(68)73-42-24-20-38-22-26-50-56(44(38)32-42)62-36-60(75-50)58(5,6)46-16-12-14-18-48(46)64(60)8/h11-26,31-32,35-36,39-40H,9-10,27-30,33-34H2,1-8H3. The Hall–Kier alpha value is -7.78. The van der Waals surface area contributed by atoms with Gasteiger partial charge in [0.15, 0.2) is 0 Å². The average molecular weight is 1020 g/mol. The summed E-state index contributed by atoms with van der Waals surface area (Å²) in [5.74, 6) is -0.469. The highest BCUT2D eigenvalue weighted by Crippen LogP contribution is 2.56. The second-order valence-electron chi connectivity index (χ2n) is 20.6. The summed E-state index contributed by atoms with van der Waals surface area (Å²) in [7, 11) is 4.03. The van der Waals surface area contributed by atoms with Gasteiger partial charge in [-0.05, 0) is 111 Å². The van der Waals surface area contributed by atoms with Crippen molar-refractivity contribution in [1.29, 1.82) is 0 Å². The van der Waals surface area contributed by atoms with Crippen molar-refractivity contribution in [3.8, 4) is 23.0 Å². The normalized spacial score (nSPS) is 19.9. The predicted molar refractivity (Wildman–Crippen MR) is 288 cm³/mol. The average Bonchev–Trinajstić information content (AvgIpc) is 3.92. The largest absolute Gasteiger partial charge is 0.460 e. The highest BCUT2D eigenvalue weighted by molar-refractivity contribution is 6.02. The van der Waals surface area contributed by atoms with E-state index in [0.29, 0.717) is 47.2 Å². The Balaban J connectivity index is 0.659. The number of anilines is 2. The van der Waals surface area contributed by atoms with Gasteiger partial charge in [0.05, 0.1) is 62.2 Å². The van der Waals surface area contributed by atoms with Gasteiger partial charge in [0.2, 0.25) is 11.4 Å². The van der Waals surface area contributed by atoms with Crippen molar-refractivity contribution in [1.82, 2.24) is 0 Å². The molecule has 0 fully saturated rings. The van der Waals surface area contributed by atoms with Gasteiger partial charge in [-0.3, -0.25) is 29.2 Å². The highest BCUT2D eigenvalue weighted by Gasteiger charge is 2.60. The van der Waals surface area contributed by atoms with Crippen molar-refractivity contribution in [2.45, 2.75) is 115 Å². The SMILES string of the molecule is CCC(COCC(CC)OC(=O)CCC(=O)Oc1ccc2ccc3c(c2c1)N=CC1(O3)N(C)c2ccccc2C1(C)C)OC(=O)CCC(=O)Oc1ccc2ccc3c(c2c1)N=CC1(O3)N(C)c2ccccc2C1(C)C. The maximum Gasteiger partial charge on any atom is 0.311 e. The van der Waals surface area contributed by atoms with Gasteiger partial charge in [0.25, 0.3) is 0 Å². The van der Waals surface area contributed by atoms with Gasteiger partial charge >= 0.3 is 23.9 Å². The topological polar surface area (TPSA) is 164 Å². The van der Waals surface area contributed by atoms with Crippen LogP contribution in [0.3, 0.4) is 0 Å². The first-order valence-electron chi connectivity index (χ1n) is 25.6. The molecular weight excluding hydrogens is 953 g/mol. The molecular formula is C60H62N4O11. The van der Waals surface area contributed by atoms with E-state index in [9.17, 15) is 19.2 Å². The Morgan fingerprint density at radius 1 is 0.533 bits per heavy atom. The van der Waals surface area contributed by atoms with Gasteiger partial charge < -0.3 is 43.0 Å². The number of hydrogen-bond acceptors (Lipinski definition) is 15. The molecule has 0 saturated heterocycles. The summed E-state index contributed by atoms with van der Waals surface area (Å²) in [6.45, 7) is 12.4. The first kappa shape index (κ1) is 50.7. The predicted octanol–water partition coefficient (Wildman–Crippen LogP) is 11.2. The molecule has 15 nitrogen and oxygen atoms in total. The van der Waals surface area contributed by atoms with Crippen LogP contribution in [0.25, 0.3) is 21.5 Å². The van der Waals surface area contributed by atoms with Crippen molar-refractivity contribution < 1.29 is 52.3 Å². The number of para-hydroxylation sites is 2. The summed E-state index contributed by atoms with van der Waals surface area (Å²) >= 11 is 0. The Bertz CT molecular complexity index is 3100. The fourth-order valence-electron chi connectivity index (χ4n) is 10.9. The van der Waals surface area contributed by atoms with E-state index in [2.05, 4.69) is 61.8 Å². The molecule has 2 spiro atoms. The minimum atomic E-state index is -0.838. The van der Waals surface area contributed by atoms with Crippen LogP contribution < -0.4 is 28.7 Å². The quantitative estimate of drug-likeness (QED) is 0.0665. The molecule has 388 valence electrons. The number of nitrogens with zero attached hydrogens (tertiary/aromatic N) is 4. The van der Waals surface area contributed by atoms with Gasteiger partial charge in [0.1, 0.15) is 46.6 Å². The molecule has 0 bridgehead atoms. The van der Waals surface area contributed by atoms with Gasteiger partial charge in [0, 0.05) is 36.2 Å². The van der Waals surface area contributed by atoms with Gasteiger partial charge in [-0.1, -0.05) is 74.5 Å². The van der Waals surface area contributed by atoms with Gasteiger partial charge in [-0.2, -0.15) is 0 Å². The minimum absolute atomic E-state index is 0.0546. The number of carbonyl (C=O) groups excluding carboxylic acids is 4. The Kier molecular flexibility index (Phi) is 13.4. The smallest absolute Gasteiger partial charge is 0.311 e. The fourth-order valence-corrected chi connectivity index (χ4v) is 10.9. The molecule has 6 aromatic carbocycles. The van der Waals surface area contributed by atoms with Crippen molar-refractivity contribution >= 4 is 80.6 Å². The summed E-state index contributed by atoms with van der Waals surface area (Å²) in [6, 6.07) is 34.9. The van der Waals surface area contributed by atoms with E-state index in [0.717, 1.165) is 32.9 Å². The number of esters is 4. The van der Waals surface area contributed by atoms with Crippen molar-refractivity contribution in [3.63, 3.8) is 0 Å². The summed E-state index contributed by atoms with van der Waals surface area (Å²) in [5, 5.41) is 3.32. The molecule has 15 heteroatoms. The molecule has 0 radical (unpaired) electrons. The van der Waals surface area contributed by atoms with E-state index in [1.165, 1.54) is 11.1 Å². The second kappa shape index (κ2) is 19.8. The minimum Gasteiger partial charge on any atom is -0.460 e. The number of likely N-dealkylation sites (N-methyl/N-ethyl adjacent to an activating group) is 2. The van der Waals surface area contributed by atoms with Crippen LogP contribution >= 0.6 is 0 Å². The van der Waals surface area contributed by atoms with Gasteiger partial charge in [-0.15, -0.1) is 0 Å². The molecule has 4 unspecified atom stereocenters. The third-order valence-electron chi connectivity index (χ3n) is 15.4. The van der Waals surface area contributed by atoms with Crippen LogP contribution in [0.15, 0.2) is 119 Å². The second-order valence-corrected chi connectivity index (χ2v) is 20.6. The number of carbonyl (C=O) groups is 4. The molecule has 4 heterocycles. The molecule has 4 aliphatic heterocycles. The molecule has 6 aromatic rings. The van der Waals surface area contributed by atoms with Crippen LogP contribution in [-0.2, 0) is 44.2 Å². The summed E-state index contributed by atoms with van der Waals surface area (Å²) in [6.07, 6.45) is 2.67. The van der Waals surface area contributed by atoms with Crippen LogP contribution in [-0.4, -0.2) is 87.3 Å². The van der Waals surface area contributed by atoms with E-state index in [1.54, 1.807) is 24.3 Å². The van der Waals surface area contributed by atoms with Crippen LogP contribution in [0.4, 0.5) is 22.7 Å². The van der Waals surface area contributed by atoms with Crippen molar-refractivity contribution in [2.75, 3.05) is 37.1 Å². The van der Waals surface area contributed by atoms with E-state index in [1.807, 2.05) is 101 Å². The van der Waals surface area contributed by atoms with Crippen LogP contribution in [0.5, 0.6) is 23.0 Å². The molecule has 4 aliphatic rings. The van der Waals surface area contributed by atoms with E-state index in [4.69, 9.17) is 43.1 Å². The molecule has 4 atom stereocenters. The zero-order valence-electron chi connectivity index (χ0n) is 43.6. The molecule has 0 N–H and O–H groups in total. The van der Waals surface area contributed by atoms with Crippen molar-refractivity contribution in [3.05, 3.63) is 120 Å². The fraction of sp³-hybridized carbons (Fsp3) is 0.367. The van der Waals surface area contributed by atoms with Crippen LogP contribution in [0.1, 0.15) is 91.2 Å². The molecule has 10 rings (SSSR count). The lowest BCUT2D eigenvalue weighted by molar-refractivity contribution is -0.158. The number of ether oxygens (including phenoxy) is 7. The maximum atomic E-state index is 13.0. The lowest BCUT2D eigenvalue weighted by Crippen LogP contribution is -2.61. The van der Waals surface area contributed by atoms with Gasteiger partial charge in [-0.25, -0.2) is 0 Å². The Morgan fingerprint density at radius 3 is 1.32 bits per heavy atom. The summed E-state index contributed by atoms with van der Waals surface area (Å²) in [5.41, 5.74) is 3.30. The summed E-state index contributed by atoms with van der Waals surface area (Å²) < 4.78 is 42.1. The number of aliphatic imine (C=N–C) groups is 2. The van der Waals surface area contributed by atoms with Crippen molar-refractivity contribution in [2.24, 2.45) is 9.98 Å². The Morgan fingerprint density at radius 2 is 0.920 bits per heavy atom. The third-order valence-corrected chi connectivity index (χ3v) is 15.4. The Labute approximate surface area is 436 Å². The monoisotopic (exact) mass is 1010 g/mol.